The van der Waals surface area contributed by atoms with E-state index in [-0.39, 0.29) is 12.5 Å². The molecule has 0 radical (unpaired) electrons. The Labute approximate surface area is 170 Å². The molecule has 2 rings (SSSR count). The van der Waals surface area contributed by atoms with Crippen molar-refractivity contribution in [2.45, 2.75) is 19.8 Å². The Bertz CT molecular complexity index is 771. The number of aliphatic imine (C=N–C) groups is 1. The molecule has 1 aromatic heterocycles. The van der Waals surface area contributed by atoms with Gasteiger partial charge in [0, 0.05) is 44.7 Å². The van der Waals surface area contributed by atoms with Crippen molar-refractivity contribution in [3.63, 3.8) is 0 Å². The lowest BCUT2D eigenvalue weighted by atomic mass is 10.1. The van der Waals surface area contributed by atoms with Crippen molar-refractivity contribution in [2.75, 3.05) is 40.8 Å². The fourth-order valence-corrected chi connectivity index (χ4v) is 3.17. The monoisotopic (exact) mass is 403 g/mol. The van der Waals surface area contributed by atoms with Gasteiger partial charge in [0.25, 0.3) is 0 Å². The molecule has 1 amide bonds. The number of guanidine groups is 1. The van der Waals surface area contributed by atoms with Crippen LogP contribution in [0.5, 0.6) is 5.75 Å². The Morgan fingerprint density at radius 1 is 1.18 bits per heavy atom. The van der Waals surface area contributed by atoms with Gasteiger partial charge >= 0.3 is 0 Å². The first-order valence-corrected chi connectivity index (χ1v) is 10.1. The van der Waals surface area contributed by atoms with Crippen LogP contribution in [0.2, 0.25) is 0 Å². The summed E-state index contributed by atoms with van der Waals surface area (Å²) in [6, 6.07) is 8.00. The van der Waals surface area contributed by atoms with Crippen LogP contribution in [-0.2, 0) is 17.6 Å². The largest absolute Gasteiger partial charge is 0.497 e. The average molecular weight is 404 g/mol. The molecule has 0 atom stereocenters. The van der Waals surface area contributed by atoms with E-state index < -0.39 is 0 Å². The smallest absolute Gasteiger partial charge is 0.243 e. The zero-order valence-corrected chi connectivity index (χ0v) is 17.8. The summed E-state index contributed by atoms with van der Waals surface area (Å²) in [7, 11) is 5.12. The second kappa shape index (κ2) is 11.3. The van der Waals surface area contributed by atoms with Gasteiger partial charge in [0.1, 0.15) is 12.3 Å². The van der Waals surface area contributed by atoms with E-state index >= 15 is 0 Å². The van der Waals surface area contributed by atoms with E-state index in [1.165, 1.54) is 15.3 Å². The molecule has 0 unspecified atom stereocenters. The van der Waals surface area contributed by atoms with Gasteiger partial charge in [0.2, 0.25) is 5.91 Å². The van der Waals surface area contributed by atoms with Crippen molar-refractivity contribution in [1.29, 1.82) is 0 Å². The number of amides is 1. The maximum Gasteiger partial charge on any atom is 0.243 e. The molecule has 2 aromatic rings. The number of methoxy groups -OCH3 is 1. The van der Waals surface area contributed by atoms with E-state index in [9.17, 15) is 4.79 Å². The minimum Gasteiger partial charge on any atom is -0.497 e. The number of thiazole rings is 1. The van der Waals surface area contributed by atoms with Crippen molar-refractivity contribution in [1.82, 2.24) is 20.5 Å². The van der Waals surface area contributed by atoms with Gasteiger partial charge < -0.3 is 20.3 Å². The number of benzene rings is 1. The molecule has 0 saturated carbocycles. The Balaban J connectivity index is 1.86. The van der Waals surface area contributed by atoms with Gasteiger partial charge in [0.15, 0.2) is 5.96 Å². The van der Waals surface area contributed by atoms with E-state index in [4.69, 9.17) is 4.74 Å². The highest BCUT2D eigenvalue weighted by molar-refractivity contribution is 7.11. The molecular weight excluding hydrogens is 374 g/mol. The molecule has 0 aliphatic rings. The number of nitrogens with zero attached hydrogens (tertiary/aromatic N) is 3. The van der Waals surface area contributed by atoms with Crippen LogP contribution in [0.3, 0.4) is 0 Å². The molecule has 8 heteroatoms. The van der Waals surface area contributed by atoms with E-state index in [1.54, 1.807) is 32.5 Å². The number of carbonyl (C=O) groups excluding carboxylic acids is 1. The predicted octanol–water partition coefficient (Wildman–Crippen LogP) is 1.87. The van der Waals surface area contributed by atoms with Crippen LogP contribution in [0.1, 0.15) is 15.4 Å². The van der Waals surface area contributed by atoms with Crippen LogP contribution >= 0.6 is 11.3 Å². The molecule has 1 aromatic carbocycles. The highest BCUT2D eigenvalue weighted by atomic mass is 32.1. The zero-order valence-electron chi connectivity index (χ0n) is 17.0. The third kappa shape index (κ3) is 7.56. The number of hydrogen-bond donors (Lipinski definition) is 2. The molecule has 0 aliphatic heterocycles. The first-order chi connectivity index (χ1) is 13.5. The molecule has 0 saturated heterocycles. The van der Waals surface area contributed by atoms with Crippen LogP contribution in [0.15, 0.2) is 35.5 Å². The van der Waals surface area contributed by atoms with Crippen molar-refractivity contribution in [3.05, 3.63) is 45.9 Å². The Kier molecular flexibility index (Phi) is 8.74. The summed E-state index contributed by atoms with van der Waals surface area (Å²) in [5.41, 5.74) is 1.20. The van der Waals surface area contributed by atoms with Crippen molar-refractivity contribution < 1.29 is 9.53 Å². The second-order valence-corrected chi connectivity index (χ2v) is 7.84. The number of hydrogen-bond acceptors (Lipinski definition) is 5. The minimum atomic E-state index is -0.0354. The van der Waals surface area contributed by atoms with Crippen LogP contribution in [-0.4, -0.2) is 62.6 Å². The van der Waals surface area contributed by atoms with Crippen LogP contribution in [0, 0.1) is 6.92 Å². The van der Waals surface area contributed by atoms with Gasteiger partial charge in [-0.1, -0.05) is 12.1 Å². The van der Waals surface area contributed by atoms with Gasteiger partial charge in [-0.2, -0.15) is 0 Å². The molecule has 28 heavy (non-hydrogen) atoms. The summed E-state index contributed by atoms with van der Waals surface area (Å²) in [4.78, 5) is 23.4. The van der Waals surface area contributed by atoms with Gasteiger partial charge in [-0.25, -0.2) is 9.98 Å². The molecule has 0 bridgehead atoms. The molecule has 7 nitrogen and oxygen atoms in total. The zero-order chi connectivity index (χ0) is 20.4. The van der Waals surface area contributed by atoms with Crippen molar-refractivity contribution in [3.8, 4) is 5.75 Å². The first kappa shape index (κ1) is 21.7. The van der Waals surface area contributed by atoms with Gasteiger partial charge in [-0.05, 0) is 31.0 Å². The lowest BCUT2D eigenvalue weighted by Crippen LogP contribution is -2.40. The molecule has 0 fully saturated rings. The SMILES string of the molecule is COc1ccc(CCNC(=NCC(=O)N(C)C)NCCc2ncc(C)s2)cc1. The van der Waals surface area contributed by atoms with E-state index in [1.807, 2.05) is 30.5 Å². The van der Waals surface area contributed by atoms with E-state index in [0.29, 0.717) is 19.0 Å². The maximum absolute atomic E-state index is 11.8. The lowest BCUT2D eigenvalue weighted by Gasteiger charge is -2.13. The average Bonchev–Trinajstić information content (AvgIpc) is 3.10. The van der Waals surface area contributed by atoms with Crippen molar-refractivity contribution in [2.24, 2.45) is 4.99 Å². The Hall–Kier alpha value is -2.61. The standard InChI is InChI=1S/C20H29N5O2S/c1-15-13-23-18(28-15)10-12-22-20(24-14-19(26)25(2)3)21-11-9-16-5-7-17(27-4)8-6-16/h5-8,13H,9-12,14H2,1-4H3,(H2,21,22,24). The Morgan fingerprint density at radius 2 is 1.86 bits per heavy atom. The fourth-order valence-electron chi connectivity index (χ4n) is 2.38. The van der Waals surface area contributed by atoms with Gasteiger partial charge in [0.05, 0.1) is 12.1 Å². The topological polar surface area (TPSA) is 78.8 Å². The summed E-state index contributed by atoms with van der Waals surface area (Å²) < 4.78 is 5.18. The van der Waals surface area contributed by atoms with Crippen LogP contribution in [0.4, 0.5) is 0 Å². The minimum absolute atomic E-state index is 0.0354. The molecule has 0 spiro atoms. The molecule has 152 valence electrons. The molecular formula is C20H29N5O2S. The maximum atomic E-state index is 11.8. The quantitative estimate of drug-likeness (QED) is 0.494. The van der Waals surface area contributed by atoms with Gasteiger partial charge in [-0.3, -0.25) is 4.79 Å². The van der Waals surface area contributed by atoms with Gasteiger partial charge in [-0.15, -0.1) is 11.3 Å². The predicted molar refractivity (Wildman–Crippen MR) is 114 cm³/mol. The number of nitrogens with one attached hydrogen (secondary N) is 2. The third-order valence-electron chi connectivity index (χ3n) is 4.04. The fraction of sp³-hybridized carbons (Fsp3) is 0.450. The summed E-state index contributed by atoms with van der Waals surface area (Å²) in [5.74, 6) is 1.45. The highest BCUT2D eigenvalue weighted by Gasteiger charge is 2.05. The number of aryl methyl sites for hydroxylation is 1. The lowest BCUT2D eigenvalue weighted by molar-refractivity contribution is -0.127. The number of carbonyl (C=O) groups is 1. The highest BCUT2D eigenvalue weighted by Crippen LogP contribution is 2.12. The number of ether oxygens (including phenoxy) is 1. The number of rotatable bonds is 9. The van der Waals surface area contributed by atoms with Crippen molar-refractivity contribution >= 4 is 23.2 Å². The normalized spacial score (nSPS) is 11.2. The molecule has 2 N–H and O–H groups in total. The third-order valence-corrected chi connectivity index (χ3v) is 5.01. The molecule has 0 aliphatic carbocycles. The summed E-state index contributed by atoms with van der Waals surface area (Å²) in [6.45, 7) is 3.58. The van der Waals surface area contributed by atoms with E-state index in [2.05, 4.69) is 27.5 Å². The first-order valence-electron chi connectivity index (χ1n) is 9.24. The summed E-state index contributed by atoms with van der Waals surface area (Å²) in [6.07, 6.45) is 3.55. The molecule has 1 heterocycles. The summed E-state index contributed by atoms with van der Waals surface area (Å²) in [5, 5.41) is 7.68. The number of aromatic nitrogens is 1. The Morgan fingerprint density at radius 3 is 2.43 bits per heavy atom. The second-order valence-electron chi connectivity index (χ2n) is 6.52. The van der Waals surface area contributed by atoms with Crippen LogP contribution in [0.25, 0.3) is 0 Å². The van der Waals surface area contributed by atoms with Crippen LogP contribution < -0.4 is 15.4 Å². The summed E-state index contributed by atoms with van der Waals surface area (Å²) >= 11 is 1.70. The number of likely N-dealkylation sites (N-methyl/N-ethyl adjacent to an activating group) is 1. The van der Waals surface area contributed by atoms with E-state index in [0.717, 1.165) is 23.6 Å².